The van der Waals surface area contributed by atoms with E-state index < -0.39 is 0 Å². The van der Waals surface area contributed by atoms with Gasteiger partial charge in [0.1, 0.15) is 5.75 Å². The summed E-state index contributed by atoms with van der Waals surface area (Å²) < 4.78 is 5.21. The molecule has 0 spiro atoms. The summed E-state index contributed by atoms with van der Waals surface area (Å²) in [5.74, 6) is 1.41. The van der Waals surface area contributed by atoms with Gasteiger partial charge in [-0.1, -0.05) is 24.3 Å². The second-order valence-corrected chi connectivity index (χ2v) is 4.98. The lowest BCUT2D eigenvalue weighted by molar-refractivity contribution is -0.115. The van der Waals surface area contributed by atoms with E-state index in [9.17, 15) is 4.79 Å². The highest BCUT2D eigenvalue weighted by molar-refractivity contribution is 5.97. The Bertz CT molecular complexity index is 651. The normalized spacial score (nSPS) is 15.0. The predicted octanol–water partition coefficient (Wildman–Crippen LogP) is 3.84. The molecule has 2 aromatic carbocycles. The Labute approximate surface area is 112 Å². The van der Waals surface area contributed by atoms with Gasteiger partial charge in [-0.15, -0.1) is 0 Å². The number of benzene rings is 2. The van der Waals surface area contributed by atoms with Gasteiger partial charge in [-0.2, -0.15) is 0 Å². The molecular formula is C17H16O2. The third-order valence-corrected chi connectivity index (χ3v) is 3.49. The van der Waals surface area contributed by atoms with Crippen LogP contribution in [-0.4, -0.2) is 12.9 Å². The highest BCUT2D eigenvalue weighted by Crippen LogP contribution is 2.30. The van der Waals surface area contributed by atoms with E-state index in [0.717, 1.165) is 34.9 Å². The number of fused-ring (bicyclic) bond motifs is 1. The number of methoxy groups -OCH3 is 1. The van der Waals surface area contributed by atoms with Crippen LogP contribution in [0, 0.1) is 5.92 Å². The van der Waals surface area contributed by atoms with Gasteiger partial charge < -0.3 is 4.74 Å². The van der Waals surface area contributed by atoms with Crippen LogP contribution in [0.4, 0.5) is 0 Å². The molecule has 2 aromatic rings. The van der Waals surface area contributed by atoms with Crippen LogP contribution in [0.1, 0.15) is 18.4 Å². The zero-order valence-electron chi connectivity index (χ0n) is 10.9. The fourth-order valence-corrected chi connectivity index (χ4v) is 2.16. The Balaban J connectivity index is 1.86. The number of hydrogen-bond donors (Lipinski definition) is 0. The molecule has 0 aliphatic heterocycles. The molecule has 96 valence electrons. The second kappa shape index (κ2) is 4.88. The Hall–Kier alpha value is -2.09. The maximum atomic E-state index is 11.6. The number of ether oxygens (including phenoxy) is 1. The molecule has 2 nitrogen and oxygen atoms in total. The Kier molecular flexibility index (Phi) is 3.08. The molecule has 1 fully saturated rings. The minimum absolute atomic E-state index is 0.259. The van der Waals surface area contributed by atoms with Crippen LogP contribution < -0.4 is 4.74 Å². The standard InChI is InChI=1S/C17H16O2/c1-19-16-8-7-14-10-12(2-4-15(14)11-16)3-9-17(18)13-5-6-13/h2-4,7-11,13H,5-6H2,1H3/b9-3+. The molecule has 1 aliphatic carbocycles. The maximum Gasteiger partial charge on any atom is 0.158 e. The molecule has 0 saturated heterocycles. The zero-order valence-corrected chi connectivity index (χ0v) is 10.9. The van der Waals surface area contributed by atoms with E-state index in [1.54, 1.807) is 13.2 Å². The third-order valence-electron chi connectivity index (χ3n) is 3.49. The molecule has 0 atom stereocenters. The van der Waals surface area contributed by atoms with Gasteiger partial charge in [0.25, 0.3) is 0 Å². The molecule has 0 bridgehead atoms. The number of hydrogen-bond acceptors (Lipinski definition) is 2. The largest absolute Gasteiger partial charge is 0.497 e. The number of ketones is 1. The molecule has 2 heteroatoms. The van der Waals surface area contributed by atoms with E-state index in [-0.39, 0.29) is 5.78 Å². The fraction of sp³-hybridized carbons (Fsp3) is 0.235. The first-order valence-electron chi connectivity index (χ1n) is 6.56. The van der Waals surface area contributed by atoms with Crippen molar-refractivity contribution in [3.63, 3.8) is 0 Å². The van der Waals surface area contributed by atoms with Gasteiger partial charge >= 0.3 is 0 Å². The summed E-state index contributed by atoms with van der Waals surface area (Å²) in [5, 5.41) is 2.30. The smallest absolute Gasteiger partial charge is 0.158 e. The van der Waals surface area contributed by atoms with Crippen molar-refractivity contribution in [3.05, 3.63) is 48.0 Å². The van der Waals surface area contributed by atoms with E-state index in [2.05, 4.69) is 12.1 Å². The van der Waals surface area contributed by atoms with E-state index >= 15 is 0 Å². The first kappa shape index (κ1) is 12.0. The molecule has 0 aromatic heterocycles. The van der Waals surface area contributed by atoms with Crippen molar-refractivity contribution in [2.24, 2.45) is 5.92 Å². The molecule has 0 heterocycles. The minimum atomic E-state index is 0.259. The van der Waals surface area contributed by atoms with Crippen molar-refractivity contribution in [3.8, 4) is 5.75 Å². The number of carbonyl (C=O) groups is 1. The molecule has 1 saturated carbocycles. The number of rotatable bonds is 4. The lowest BCUT2D eigenvalue weighted by Gasteiger charge is -2.03. The van der Waals surface area contributed by atoms with Gasteiger partial charge in [0.05, 0.1) is 7.11 Å². The van der Waals surface area contributed by atoms with E-state index in [0.29, 0.717) is 5.92 Å². The van der Waals surface area contributed by atoms with Crippen molar-refractivity contribution < 1.29 is 9.53 Å². The summed E-state index contributed by atoms with van der Waals surface area (Å²) in [6, 6.07) is 12.2. The highest BCUT2D eigenvalue weighted by Gasteiger charge is 2.27. The summed E-state index contributed by atoms with van der Waals surface area (Å²) in [7, 11) is 1.67. The molecule has 0 amide bonds. The van der Waals surface area contributed by atoms with E-state index in [1.165, 1.54) is 0 Å². The van der Waals surface area contributed by atoms with Crippen molar-refractivity contribution >= 4 is 22.6 Å². The van der Waals surface area contributed by atoms with Crippen molar-refractivity contribution in [1.29, 1.82) is 0 Å². The molecule has 0 radical (unpaired) electrons. The van der Waals surface area contributed by atoms with Gasteiger partial charge in [-0.05, 0) is 53.5 Å². The monoisotopic (exact) mass is 252 g/mol. The predicted molar refractivity (Wildman–Crippen MR) is 77.3 cm³/mol. The first-order chi connectivity index (χ1) is 9.26. The maximum absolute atomic E-state index is 11.6. The fourth-order valence-electron chi connectivity index (χ4n) is 2.16. The second-order valence-electron chi connectivity index (χ2n) is 4.98. The molecular weight excluding hydrogens is 236 g/mol. The number of carbonyl (C=O) groups excluding carboxylic acids is 1. The topological polar surface area (TPSA) is 26.3 Å². The Morgan fingerprint density at radius 2 is 1.89 bits per heavy atom. The van der Waals surface area contributed by atoms with Gasteiger partial charge in [-0.3, -0.25) is 4.79 Å². The summed E-state index contributed by atoms with van der Waals surface area (Å²) in [5.41, 5.74) is 1.06. The first-order valence-corrected chi connectivity index (χ1v) is 6.56. The molecule has 1 aliphatic rings. The van der Waals surface area contributed by atoms with Gasteiger partial charge in [0, 0.05) is 5.92 Å². The van der Waals surface area contributed by atoms with Crippen LogP contribution in [-0.2, 0) is 4.79 Å². The van der Waals surface area contributed by atoms with Gasteiger partial charge in [-0.25, -0.2) is 0 Å². The van der Waals surface area contributed by atoms with Gasteiger partial charge in [0.2, 0.25) is 0 Å². The van der Waals surface area contributed by atoms with Crippen LogP contribution in [0.3, 0.4) is 0 Å². The van der Waals surface area contributed by atoms with Crippen LogP contribution in [0.25, 0.3) is 16.8 Å². The molecule has 0 unspecified atom stereocenters. The van der Waals surface area contributed by atoms with Crippen molar-refractivity contribution in [2.45, 2.75) is 12.8 Å². The number of allylic oxidation sites excluding steroid dienone is 1. The van der Waals surface area contributed by atoms with E-state index in [4.69, 9.17) is 4.74 Å². The lowest BCUT2D eigenvalue weighted by atomic mass is 10.1. The summed E-state index contributed by atoms with van der Waals surface area (Å²) >= 11 is 0. The van der Waals surface area contributed by atoms with Crippen LogP contribution in [0.15, 0.2) is 42.5 Å². The summed E-state index contributed by atoms with van der Waals surface area (Å²) in [4.78, 5) is 11.6. The quantitative estimate of drug-likeness (QED) is 0.773. The average molecular weight is 252 g/mol. The Morgan fingerprint density at radius 3 is 2.63 bits per heavy atom. The van der Waals surface area contributed by atoms with E-state index in [1.807, 2.05) is 30.3 Å². The third kappa shape index (κ3) is 2.68. The molecule has 19 heavy (non-hydrogen) atoms. The molecule has 0 N–H and O–H groups in total. The molecule has 3 rings (SSSR count). The lowest BCUT2D eigenvalue weighted by Crippen LogP contribution is -1.93. The van der Waals surface area contributed by atoms with Crippen LogP contribution >= 0.6 is 0 Å². The van der Waals surface area contributed by atoms with Crippen LogP contribution in [0.2, 0.25) is 0 Å². The highest BCUT2D eigenvalue weighted by atomic mass is 16.5. The van der Waals surface area contributed by atoms with Gasteiger partial charge in [0.15, 0.2) is 5.78 Å². The zero-order chi connectivity index (χ0) is 13.2. The minimum Gasteiger partial charge on any atom is -0.497 e. The summed E-state index contributed by atoms with van der Waals surface area (Å²) in [6.45, 7) is 0. The summed E-state index contributed by atoms with van der Waals surface area (Å²) in [6.07, 6.45) is 5.73. The van der Waals surface area contributed by atoms with Crippen LogP contribution in [0.5, 0.6) is 5.75 Å². The average Bonchev–Trinajstić information content (AvgIpc) is 3.28. The van der Waals surface area contributed by atoms with Crippen molar-refractivity contribution in [1.82, 2.24) is 0 Å². The Morgan fingerprint density at radius 1 is 1.16 bits per heavy atom. The van der Waals surface area contributed by atoms with Crippen molar-refractivity contribution in [2.75, 3.05) is 7.11 Å². The SMILES string of the molecule is COc1ccc2cc(/C=C/C(=O)C3CC3)ccc2c1.